The molecule has 1 aromatic heterocycles. The number of carbonyl (C=O) groups excluding carboxylic acids is 3. The molecule has 2 aromatic rings. The fourth-order valence-electron chi connectivity index (χ4n) is 3.75. The van der Waals surface area contributed by atoms with Gasteiger partial charge in [0.1, 0.15) is 11.5 Å². The van der Waals surface area contributed by atoms with Crippen LogP contribution >= 0.6 is 0 Å². The van der Waals surface area contributed by atoms with Gasteiger partial charge in [0.25, 0.3) is 5.91 Å². The summed E-state index contributed by atoms with van der Waals surface area (Å²) in [6.07, 6.45) is 0.724. The van der Waals surface area contributed by atoms with Gasteiger partial charge < -0.3 is 14.2 Å². The minimum absolute atomic E-state index is 0.126. The van der Waals surface area contributed by atoms with Crippen LogP contribution in [-0.2, 0) is 11.3 Å². The first kappa shape index (κ1) is 24.3. The van der Waals surface area contributed by atoms with Gasteiger partial charge >= 0.3 is 5.97 Å². The van der Waals surface area contributed by atoms with Crippen molar-refractivity contribution in [1.82, 2.24) is 9.47 Å². The normalized spacial score (nSPS) is 11.0. The molecule has 0 atom stereocenters. The molecule has 0 saturated heterocycles. The summed E-state index contributed by atoms with van der Waals surface area (Å²) in [5.74, 6) is -1.16. The third-order valence-corrected chi connectivity index (χ3v) is 5.43. The number of benzene rings is 1. The van der Waals surface area contributed by atoms with Gasteiger partial charge in [0.2, 0.25) is 0 Å². The molecule has 31 heavy (non-hydrogen) atoms. The van der Waals surface area contributed by atoms with Crippen molar-refractivity contribution in [3.63, 3.8) is 0 Å². The molecule has 1 amide bonds. The van der Waals surface area contributed by atoms with Crippen LogP contribution in [0.15, 0.2) is 24.3 Å². The Morgan fingerprint density at radius 2 is 1.74 bits per heavy atom. The number of methoxy groups -OCH3 is 1. The minimum atomic E-state index is -0.499. The Balaban J connectivity index is 2.39. The van der Waals surface area contributed by atoms with E-state index in [1.54, 1.807) is 18.4 Å². The van der Waals surface area contributed by atoms with E-state index in [1.807, 2.05) is 20.8 Å². The number of nitrogens with zero attached hydrogens (tertiary/aromatic N) is 2. The highest BCUT2D eigenvalue weighted by molar-refractivity contribution is 6.06. The van der Waals surface area contributed by atoms with Gasteiger partial charge in [0, 0.05) is 29.9 Å². The van der Waals surface area contributed by atoms with E-state index in [2.05, 4.69) is 0 Å². The van der Waals surface area contributed by atoms with Gasteiger partial charge in [0.15, 0.2) is 5.78 Å². The molecule has 0 aliphatic rings. The van der Waals surface area contributed by atoms with Crippen LogP contribution in [-0.4, -0.2) is 47.3 Å². The van der Waals surface area contributed by atoms with Crippen LogP contribution in [0, 0.1) is 25.6 Å². The zero-order valence-electron chi connectivity index (χ0n) is 19.1. The van der Waals surface area contributed by atoms with E-state index in [4.69, 9.17) is 4.74 Å². The van der Waals surface area contributed by atoms with Gasteiger partial charge in [0.05, 0.1) is 13.7 Å². The van der Waals surface area contributed by atoms with Crippen molar-refractivity contribution in [3.05, 3.63) is 58.2 Å². The quantitative estimate of drug-likeness (QED) is 0.436. The Kier molecular flexibility index (Phi) is 8.14. The summed E-state index contributed by atoms with van der Waals surface area (Å²) in [4.78, 5) is 40.1. The molecule has 168 valence electrons. The summed E-state index contributed by atoms with van der Waals surface area (Å²) in [6, 6.07) is 5.30. The Morgan fingerprint density at radius 3 is 2.26 bits per heavy atom. The molecule has 7 heteroatoms. The van der Waals surface area contributed by atoms with E-state index in [-0.39, 0.29) is 18.2 Å². The minimum Gasteiger partial charge on any atom is -0.464 e. The maximum Gasteiger partial charge on any atom is 0.354 e. The van der Waals surface area contributed by atoms with E-state index in [1.165, 1.54) is 36.3 Å². The number of aromatic nitrogens is 1. The molecular weight excluding hydrogens is 399 g/mol. The second kappa shape index (κ2) is 10.4. The van der Waals surface area contributed by atoms with Gasteiger partial charge in [-0.2, -0.15) is 0 Å². The SMILES string of the molecule is CCn1c(C)c(C(=O)CN(CCC(C)C)C(=O)c2ccc(F)cc2)c(C)c1C(=O)OC. The number of hydrogen-bond donors (Lipinski definition) is 0. The molecule has 0 radical (unpaired) electrons. The zero-order chi connectivity index (χ0) is 23.3. The number of esters is 1. The molecule has 1 aromatic carbocycles. The highest BCUT2D eigenvalue weighted by atomic mass is 19.1. The average Bonchev–Trinajstić information content (AvgIpc) is 2.99. The maximum absolute atomic E-state index is 13.3. The topological polar surface area (TPSA) is 68.6 Å². The lowest BCUT2D eigenvalue weighted by Crippen LogP contribution is -2.37. The number of amides is 1. The van der Waals surface area contributed by atoms with Crippen LogP contribution in [0.3, 0.4) is 0 Å². The Labute approximate surface area is 183 Å². The van der Waals surface area contributed by atoms with Crippen molar-refractivity contribution in [2.24, 2.45) is 5.92 Å². The summed E-state index contributed by atoms with van der Waals surface area (Å²) in [6.45, 7) is 10.3. The number of Topliss-reactive ketones (excluding diaryl/α,β-unsaturated/α-hetero) is 1. The summed E-state index contributed by atoms with van der Waals surface area (Å²) >= 11 is 0. The molecule has 2 rings (SSSR count). The third kappa shape index (κ3) is 5.40. The van der Waals surface area contributed by atoms with Crippen molar-refractivity contribution in [3.8, 4) is 0 Å². The monoisotopic (exact) mass is 430 g/mol. The number of carbonyl (C=O) groups is 3. The predicted molar refractivity (Wildman–Crippen MR) is 117 cm³/mol. The standard InChI is InChI=1S/C24H31FN2O4/c1-7-27-17(5)21(16(4)22(27)24(30)31-6)20(28)14-26(13-12-15(2)3)23(29)18-8-10-19(25)11-9-18/h8-11,15H,7,12-14H2,1-6H3. The average molecular weight is 431 g/mol. The molecule has 0 N–H and O–H groups in total. The van der Waals surface area contributed by atoms with Gasteiger partial charge in [-0.05, 0) is 62.9 Å². The maximum atomic E-state index is 13.3. The lowest BCUT2D eigenvalue weighted by molar-refractivity contribution is 0.0587. The number of ether oxygens (including phenoxy) is 1. The summed E-state index contributed by atoms with van der Waals surface area (Å²) in [7, 11) is 1.31. The van der Waals surface area contributed by atoms with Crippen molar-refractivity contribution >= 4 is 17.7 Å². The molecule has 0 spiro atoms. The molecule has 6 nitrogen and oxygen atoms in total. The second-order valence-corrected chi connectivity index (χ2v) is 8.01. The smallest absolute Gasteiger partial charge is 0.354 e. The fraction of sp³-hybridized carbons (Fsp3) is 0.458. The first-order valence-electron chi connectivity index (χ1n) is 10.5. The Bertz CT molecular complexity index is 961. The number of hydrogen-bond acceptors (Lipinski definition) is 4. The molecular formula is C24H31FN2O4. The van der Waals surface area contributed by atoms with E-state index in [0.29, 0.717) is 47.1 Å². The fourth-order valence-corrected chi connectivity index (χ4v) is 3.75. The van der Waals surface area contributed by atoms with Crippen LogP contribution in [0.5, 0.6) is 0 Å². The molecule has 0 aliphatic carbocycles. The first-order valence-corrected chi connectivity index (χ1v) is 10.5. The molecule has 1 heterocycles. The third-order valence-electron chi connectivity index (χ3n) is 5.43. The molecule has 0 fully saturated rings. The number of halogens is 1. The largest absolute Gasteiger partial charge is 0.464 e. The second-order valence-electron chi connectivity index (χ2n) is 8.01. The van der Waals surface area contributed by atoms with E-state index >= 15 is 0 Å². The highest BCUT2D eigenvalue weighted by Gasteiger charge is 2.28. The molecule has 0 bridgehead atoms. The van der Waals surface area contributed by atoms with Crippen molar-refractivity contribution in [1.29, 1.82) is 0 Å². The molecule has 0 aliphatic heterocycles. The lowest BCUT2D eigenvalue weighted by Gasteiger charge is -2.23. The van der Waals surface area contributed by atoms with Crippen LogP contribution in [0.4, 0.5) is 4.39 Å². The van der Waals surface area contributed by atoms with Gasteiger partial charge in [-0.25, -0.2) is 9.18 Å². The van der Waals surface area contributed by atoms with Crippen LogP contribution in [0.25, 0.3) is 0 Å². The Hall–Kier alpha value is -2.96. The number of ketones is 1. The lowest BCUT2D eigenvalue weighted by atomic mass is 10.0. The van der Waals surface area contributed by atoms with E-state index < -0.39 is 11.8 Å². The van der Waals surface area contributed by atoms with Gasteiger partial charge in [-0.15, -0.1) is 0 Å². The zero-order valence-corrected chi connectivity index (χ0v) is 19.1. The van der Waals surface area contributed by atoms with Crippen molar-refractivity contribution in [2.75, 3.05) is 20.2 Å². The Morgan fingerprint density at radius 1 is 1.13 bits per heavy atom. The van der Waals surface area contributed by atoms with E-state index in [9.17, 15) is 18.8 Å². The highest BCUT2D eigenvalue weighted by Crippen LogP contribution is 2.24. The van der Waals surface area contributed by atoms with Crippen LogP contribution in [0.2, 0.25) is 0 Å². The van der Waals surface area contributed by atoms with Gasteiger partial charge in [-0.1, -0.05) is 13.8 Å². The van der Waals surface area contributed by atoms with Gasteiger partial charge in [-0.3, -0.25) is 9.59 Å². The van der Waals surface area contributed by atoms with E-state index in [0.717, 1.165) is 6.42 Å². The van der Waals surface area contributed by atoms with Crippen LogP contribution in [0.1, 0.15) is 69.7 Å². The summed E-state index contributed by atoms with van der Waals surface area (Å²) in [5.41, 5.74) is 2.33. The van der Waals surface area contributed by atoms with Crippen molar-refractivity contribution < 1.29 is 23.5 Å². The number of rotatable bonds is 9. The first-order chi connectivity index (χ1) is 14.6. The predicted octanol–water partition coefficient (Wildman–Crippen LogP) is 4.42. The van der Waals surface area contributed by atoms with Crippen molar-refractivity contribution in [2.45, 2.75) is 47.6 Å². The molecule has 0 unspecified atom stereocenters. The molecule has 0 saturated carbocycles. The van der Waals surface area contributed by atoms with Crippen LogP contribution < -0.4 is 0 Å². The summed E-state index contributed by atoms with van der Waals surface area (Å²) < 4.78 is 19.9. The summed E-state index contributed by atoms with van der Waals surface area (Å²) in [5, 5.41) is 0.